The highest BCUT2D eigenvalue weighted by molar-refractivity contribution is 7.99. The van der Waals surface area contributed by atoms with Crippen molar-refractivity contribution >= 4 is 46.8 Å². The van der Waals surface area contributed by atoms with Crippen LogP contribution in [0.5, 0.6) is 0 Å². The molecule has 274 valence electrons. The van der Waals surface area contributed by atoms with Crippen molar-refractivity contribution in [2.75, 3.05) is 10.6 Å². The topological polar surface area (TPSA) is 75.6 Å². The van der Waals surface area contributed by atoms with Gasteiger partial charge >= 0.3 is 12.4 Å². The maximum atomic E-state index is 13.3. The Bertz CT molecular complexity index is 2050. The third-order valence-electron chi connectivity index (χ3n) is 7.40. The molecule has 14 heteroatoms. The van der Waals surface area contributed by atoms with Crippen molar-refractivity contribution in [3.05, 3.63) is 144 Å². The number of nitrogens with one attached hydrogen (secondary N) is 2. The molecule has 2 heterocycles. The Morgan fingerprint density at radius 3 is 1.28 bits per heavy atom. The summed E-state index contributed by atoms with van der Waals surface area (Å²) in [6, 6.07) is 33.0. The van der Waals surface area contributed by atoms with Crippen LogP contribution in [0.3, 0.4) is 0 Å². The van der Waals surface area contributed by atoms with E-state index in [9.17, 15) is 26.3 Å². The average Bonchev–Trinajstić information content (AvgIpc) is 3.13. The van der Waals surface area contributed by atoms with E-state index in [2.05, 4.69) is 44.4 Å². The zero-order valence-corrected chi connectivity index (χ0v) is 30.2. The fourth-order valence-electron chi connectivity index (χ4n) is 4.72. The molecule has 4 aromatic carbocycles. The van der Waals surface area contributed by atoms with Crippen molar-refractivity contribution < 1.29 is 26.3 Å². The Kier molecular flexibility index (Phi) is 13.4. The lowest BCUT2D eigenvalue weighted by Crippen LogP contribution is -2.10. The highest BCUT2D eigenvalue weighted by Gasteiger charge is 2.36. The predicted octanol–water partition coefficient (Wildman–Crippen LogP) is 12.3. The summed E-state index contributed by atoms with van der Waals surface area (Å²) < 4.78 is 79.8. The summed E-state index contributed by atoms with van der Waals surface area (Å²) in [5.74, 6) is 0.255. The number of alkyl halides is 6. The van der Waals surface area contributed by atoms with Gasteiger partial charge in [0.05, 0.1) is 0 Å². The number of rotatable bonds is 11. The molecule has 0 saturated heterocycles. The minimum absolute atomic E-state index is 0.126. The smallest absolute Gasteiger partial charge is 0.324 e. The maximum Gasteiger partial charge on any atom is 0.420 e. The fraction of sp³-hybridized carbons (Fsp3) is 0.179. The normalized spacial score (nSPS) is 11.4. The summed E-state index contributed by atoms with van der Waals surface area (Å²) >= 11 is 1.92. The summed E-state index contributed by atoms with van der Waals surface area (Å²) in [5.41, 5.74) is 2.13. The second-order valence-corrected chi connectivity index (χ2v) is 13.5. The van der Waals surface area contributed by atoms with Crippen LogP contribution in [0.15, 0.2) is 141 Å². The first-order chi connectivity index (χ1) is 25.4. The number of aryl methyl sites for hydroxylation is 2. The summed E-state index contributed by atoms with van der Waals surface area (Å²) in [4.78, 5) is 17.2. The lowest BCUT2D eigenvalue weighted by Gasteiger charge is -2.13. The minimum Gasteiger partial charge on any atom is -0.324 e. The third kappa shape index (κ3) is 11.7. The number of aromatic nitrogens is 4. The molecule has 2 aromatic heterocycles. The predicted molar refractivity (Wildman–Crippen MR) is 198 cm³/mol. The van der Waals surface area contributed by atoms with E-state index in [1.54, 1.807) is 48.5 Å². The Balaban J connectivity index is 0.000000204. The van der Waals surface area contributed by atoms with Crippen molar-refractivity contribution in [1.29, 1.82) is 0 Å². The molecule has 6 aromatic rings. The van der Waals surface area contributed by atoms with Crippen LogP contribution in [0, 0.1) is 0 Å². The van der Waals surface area contributed by atoms with Gasteiger partial charge in [0.15, 0.2) is 0 Å². The Morgan fingerprint density at radius 2 is 0.925 bits per heavy atom. The fourth-order valence-corrected chi connectivity index (χ4v) is 6.58. The van der Waals surface area contributed by atoms with Crippen LogP contribution >= 0.6 is 23.5 Å². The Morgan fingerprint density at radius 1 is 0.528 bits per heavy atom. The molecule has 6 rings (SSSR count). The largest absolute Gasteiger partial charge is 0.420 e. The lowest BCUT2D eigenvalue weighted by atomic mass is 10.1. The van der Waals surface area contributed by atoms with Gasteiger partial charge in [-0.05, 0) is 72.5 Å². The first kappa shape index (κ1) is 39.1. The van der Waals surface area contributed by atoms with Crippen LogP contribution in [-0.4, -0.2) is 19.9 Å². The molecular weight excluding hydrogens is 731 g/mol. The van der Waals surface area contributed by atoms with Crippen LogP contribution in [0.1, 0.15) is 42.5 Å². The second kappa shape index (κ2) is 18.1. The van der Waals surface area contributed by atoms with Crippen molar-refractivity contribution in [1.82, 2.24) is 19.9 Å². The molecule has 0 fully saturated rings. The molecule has 6 nitrogen and oxygen atoms in total. The monoisotopic (exact) mass is 764 g/mol. The molecule has 53 heavy (non-hydrogen) atoms. The molecular formula is C39H34F6N6S2. The van der Waals surface area contributed by atoms with Crippen LogP contribution in [0.25, 0.3) is 0 Å². The minimum atomic E-state index is -4.52. The van der Waals surface area contributed by atoms with Crippen LogP contribution in [0.2, 0.25) is 0 Å². The highest BCUT2D eigenvalue weighted by atomic mass is 32.2. The Hall–Kier alpha value is -5.08. The molecule has 0 aliphatic rings. The quantitative estimate of drug-likeness (QED) is 0.0998. The molecule has 0 unspecified atom stereocenters. The van der Waals surface area contributed by atoms with Crippen LogP contribution in [0.4, 0.5) is 49.6 Å². The van der Waals surface area contributed by atoms with Crippen molar-refractivity contribution in [2.24, 2.45) is 0 Å². The van der Waals surface area contributed by atoms with Gasteiger partial charge in [-0.2, -0.15) is 26.3 Å². The molecule has 2 N–H and O–H groups in total. The van der Waals surface area contributed by atoms with E-state index in [0.29, 0.717) is 9.79 Å². The standard InChI is InChI=1S/C20H18F3N3S.C19H16F3N3S/c1-2-6-14-9-11-15(12-10-14)25-19-24-13-17(20(21,22)23)18(26-19)27-16-7-4-3-5-8-16;1-2-13-8-10-14(11-9-13)24-18-23-12-16(19(20,21)22)17(25-18)26-15-6-4-3-5-7-15/h3-5,7-13H,2,6H2,1H3,(H,24,25,26);3-12H,2H2,1H3,(H,23,24,25). The van der Waals surface area contributed by atoms with Gasteiger partial charge in [-0.1, -0.05) is 104 Å². The summed E-state index contributed by atoms with van der Waals surface area (Å²) in [5, 5.41) is 5.67. The zero-order chi connectivity index (χ0) is 37.8. The van der Waals surface area contributed by atoms with E-state index in [-0.39, 0.29) is 21.9 Å². The van der Waals surface area contributed by atoms with E-state index < -0.39 is 23.5 Å². The summed E-state index contributed by atoms with van der Waals surface area (Å²) in [7, 11) is 0. The molecule has 0 bridgehead atoms. The van der Waals surface area contributed by atoms with Crippen molar-refractivity contribution in [3.63, 3.8) is 0 Å². The average molecular weight is 765 g/mol. The van der Waals surface area contributed by atoms with E-state index >= 15 is 0 Å². The first-order valence-electron chi connectivity index (χ1n) is 16.5. The van der Waals surface area contributed by atoms with Gasteiger partial charge in [-0.15, -0.1) is 0 Å². The van der Waals surface area contributed by atoms with E-state index in [1.807, 2.05) is 60.7 Å². The van der Waals surface area contributed by atoms with E-state index in [1.165, 1.54) is 11.1 Å². The zero-order valence-electron chi connectivity index (χ0n) is 28.5. The number of benzene rings is 4. The van der Waals surface area contributed by atoms with Gasteiger partial charge in [0.1, 0.15) is 21.2 Å². The van der Waals surface area contributed by atoms with E-state index in [0.717, 1.165) is 66.6 Å². The number of halogens is 6. The van der Waals surface area contributed by atoms with E-state index in [4.69, 9.17) is 0 Å². The maximum absolute atomic E-state index is 13.3. The molecule has 0 atom stereocenters. The van der Waals surface area contributed by atoms with Crippen molar-refractivity contribution in [3.8, 4) is 0 Å². The van der Waals surface area contributed by atoms with Crippen molar-refractivity contribution in [2.45, 2.75) is 65.3 Å². The number of anilines is 4. The molecule has 0 saturated carbocycles. The van der Waals surface area contributed by atoms with Gasteiger partial charge in [0.25, 0.3) is 0 Å². The number of hydrogen-bond acceptors (Lipinski definition) is 8. The van der Waals surface area contributed by atoms with Gasteiger partial charge in [-0.3, -0.25) is 0 Å². The first-order valence-corrected chi connectivity index (χ1v) is 18.1. The lowest BCUT2D eigenvalue weighted by molar-refractivity contribution is -0.141. The number of hydrogen-bond donors (Lipinski definition) is 2. The molecule has 0 aliphatic carbocycles. The summed E-state index contributed by atoms with van der Waals surface area (Å²) in [6.07, 6.45) is -4.44. The van der Waals surface area contributed by atoms with Crippen LogP contribution < -0.4 is 10.6 Å². The third-order valence-corrected chi connectivity index (χ3v) is 9.43. The molecule has 0 aliphatic heterocycles. The highest BCUT2D eigenvalue weighted by Crippen LogP contribution is 2.40. The molecule has 0 radical (unpaired) electrons. The SMILES string of the molecule is CCCc1ccc(Nc2ncc(C(F)(F)F)c(Sc3ccccc3)n2)cc1.CCc1ccc(Nc2ncc(C(F)(F)F)c(Sc3ccccc3)n2)cc1. The molecule has 0 amide bonds. The Labute approximate surface area is 311 Å². The van der Waals surface area contributed by atoms with Gasteiger partial charge in [0.2, 0.25) is 11.9 Å². The van der Waals surface area contributed by atoms with Gasteiger partial charge in [-0.25, -0.2) is 19.9 Å². The van der Waals surface area contributed by atoms with Gasteiger partial charge < -0.3 is 10.6 Å². The number of nitrogens with zero attached hydrogens (tertiary/aromatic N) is 4. The van der Waals surface area contributed by atoms with Crippen LogP contribution in [-0.2, 0) is 25.2 Å². The summed E-state index contributed by atoms with van der Waals surface area (Å²) in [6.45, 7) is 4.16. The molecule has 0 spiro atoms. The second-order valence-electron chi connectivity index (χ2n) is 11.4. The van der Waals surface area contributed by atoms with Gasteiger partial charge in [0, 0.05) is 33.6 Å².